The number of benzene rings is 1. The predicted molar refractivity (Wildman–Crippen MR) is 150 cm³/mol. The average Bonchev–Trinajstić information content (AvgIpc) is 3.67. The number of aromatic nitrogens is 2. The molecule has 11 nitrogen and oxygen atoms in total. The Hall–Kier alpha value is -4.10. The first-order chi connectivity index (χ1) is 20.4. The highest BCUT2D eigenvalue weighted by Gasteiger charge is 2.54. The molecule has 2 heterocycles. The minimum atomic E-state index is -4.47. The predicted octanol–water partition coefficient (Wildman–Crippen LogP) is 2.67. The zero-order valence-corrected chi connectivity index (χ0v) is 24.1. The normalized spacial score (nSPS) is 23.0. The van der Waals surface area contributed by atoms with E-state index >= 15 is 0 Å². The van der Waals surface area contributed by atoms with Crippen LogP contribution in [-0.2, 0) is 29.5 Å². The molecule has 0 spiro atoms. The van der Waals surface area contributed by atoms with E-state index in [0.29, 0.717) is 16.9 Å². The van der Waals surface area contributed by atoms with E-state index in [9.17, 15) is 32.3 Å². The molecule has 1 saturated heterocycles. The zero-order valence-electron chi connectivity index (χ0n) is 24.1. The molecule has 1 aliphatic heterocycles. The van der Waals surface area contributed by atoms with Gasteiger partial charge in [0, 0.05) is 45.4 Å². The summed E-state index contributed by atoms with van der Waals surface area (Å²) in [6, 6.07) is 4.08. The molecule has 0 bridgehead atoms. The molecule has 3 atom stereocenters. The van der Waals surface area contributed by atoms with Crippen LogP contribution in [-0.4, -0.2) is 75.8 Å². The molecule has 1 aromatic carbocycles. The van der Waals surface area contributed by atoms with Crippen molar-refractivity contribution in [1.29, 1.82) is 0 Å². The van der Waals surface area contributed by atoms with Gasteiger partial charge in [0.15, 0.2) is 0 Å². The van der Waals surface area contributed by atoms with E-state index in [1.54, 1.807) is 31.3 Å². The standard InChI is InChI=1S/C29H36F3N7O4/c1-33-26(42)28(39-16-21(36-27(39)43)15-29(30,31)32)13-18-8-9-20(12-19(18)14-28)35-25(41)23(17-6-4-3-5-7-17)37-24(40)22-10-11-34-38(22)2/h8-12,17,21,23H,3-7,13-16H2,1-2H3,(H,33,42)(H,35,41)(H,36,43)(H,37,40)/t21?,23-,28?/m0/s1. The Morgan fingerprint density at radius 3 is 2.49 bits per heavy atom. The highest BCUT2D eigenvalue weighted by Crippen LogP contribution is 2.39. The van der Waals surface area contributed by atoms with Gasteiger partial charge in [-0.05, 0) is 48.1 Å². The summed E-state index contributed by atoms with van der Waals surface area (Å²) in [5, 5.41) is 14.8. The molecule has 1 saturated carbocycles. The van der Waals surface area contributed by atoms with Crippen molar-refractivity contribution in [2.24, 2.45) is 13.0 Å². The Kier molecular flexibility index (Phi) is 8.39. The number of amides is 5. The Morgan fingerprint density at radius 1 is 1.12 bits per heavy atom. The molecular formula is C29H36F3N7O4. The summed E-state index contributed by atoms with van der Waals surface area (Å²) in [6.45, 7) is -0.261. The maximum Gasteiger partial charge on any atom is 0.391 e. The van der Waals surface area contributed by atoms with Crippen LogP contribution < -0.4 is 21.3 Å². The van der Waals surface area contributed by atoms with Gasteiger partial charge in [0.25, 0.3) is 5.91 Å². The van der Waals surface area contributed by atoms with Gasteiger partial charge in [-0.1, -0.05) is 25.3 Å². The van der Waals surface area contributed by atoms with Crippen molar-refractivity contribution < 1.29 is 32.3 Å². The first-order valence-electron chi connectivity index (χ1n) is 14.5. The average molecular weight is 604 g/mol. The molecule has 232 valence electrons. The van der Waals surface area contributed by atoms with Crippen molar-refractivity contribution in [1.82, 2.24) is 30.6 Å². The number of nitrogens with zero attached hydrogens (tertiary/aromatic N) is 3. The van der Waals surface area contributed by atoms with Crippen LogP contribution in [0.5, 0.6) is 0 Å². The van der Waals surface area contributed by atoms with Gasteiger partial charge in [-0.3, -0.25) is 19.1 Å². The largest absolute Gasteiger partial charge is 0.391 e. The number of carbonyl (C=O) groups excluding carboxylic acids is 4. The van der Waals surface area contributed by atoms with Crippen molar-refractivity contribution in [2.75, 3.05) is 18.9 Å². The lowest BCUT2D eigenvalue weighted by Crippen LogP contribution is -2.60. The van der Waals surface area contributed by atoms with E-state index in [4.69, 9.17) is 0 Å². The van der Waals surface area contributed by atoms with Crippen LogP contribution in [0.4, 0.5) is 23.7 Å². The van der Waals surface area contributed by atoms with Gasteiger partial charge >= 0.3 is 12.2 Å². The molecule has 2 fully saturated rings. The maximum absolute atomic E-state index is 13.6. The zero-order chi connectivity index (χ0) is 30.9. The van der Waals surface area contributed by atoms with E-state index < -0.39 is 48.1 Å². The van der Waals surface area contributed by atoms with Gasteiger partial charge in [-0.25, -0.2) is 4.79 Å². The van der Waals surface area contributed by atoms with E-state index in [2.05, 4.69) is 26.4 Å². The second-order valence-corrected chi connectivity index (χ2v) is 11.7. The second-order valence-electron chi connectivity index (χ2n) is 11.7. The van der Waals surface area contributed by atoms with Gasteiger partial charge in [0.05, 0.1) is 12.5 Å². The van der Waals surface area contributed by atoms with Crippen molar-refractivity contribution in [2.45, 2.75) is 75.2 Å². The number of likely N-dealkylation sites (N-methyl/N-ethyl adjacent to an activating group) is 1. The fraction of sp³-hybridized carbons (Fsp3) is 0.552. The van der Waals surface area contributed by atoms with Gasteiger partial charge < -0.3 is 26.2 Å². The Balaban J connectivity index is 1.34. The van der Waals surface area contributed by atoms with Crippen LogP contribution in [0, 0.1) is 5.92 Å². The Morgan fingerprint density at radius 2 is 1.84 bits per heavy atom. The molecule has 2 unspecified atom stereocenters. The number of halogens is 3. The molecule has 2 aliphatic carbocycles. The van der Waals surface area contributed by atoms with Crippen LogP contribution in [0.15, 0.2) is 30.5 Å². The summed E-state index contributed by atoms with van der Waals surface area (Å²) in [4.78, 5) is 53.9. The molecule has 3 aliphatic rings. The SMILES string of the molecule is CNC(=O)C1(N2CC(CC(F)(F)F)NC2=O)Cc2ccc(NC(=O)[C@@H](NC(=O)c3ccnn3C)C3CCCCC3)cc2C1. The minimum absolute atomic E-state index is 0.0421. The number of nitrogens with one attached hydrogen (secondary N) is 4. The lowest BCUT2D eigenvalue weighted by atomic mass is 9.83. The van der Waals surface area contributed by atoms with Crippen molar-refractivity contribution in [3.8, 4) is 0 Å². The number of hydrogen-bond acceptors (Lipinski definition) is 5. The molecule has 5 rings (SSSR count). The number of aryl methyl sites for hydroxylation is 1. The van der Waals surface area contributed by atoms with Crippen molar-refractivity contribution in [3.63, 3.8) is 0 Å². The quantitative estimate of drug-likeness (QED) is 0.368. The first-order valence-corrected chi connectivity index (χ1v) is 14.5. The fourth-order valence-corrected chi connectivity index (χ4v) is 6.70. The number of hydrogen-bond donors (Lipinski definition) is 4. The van der Waals surface area contributed by atoms with Crippen molar-refractivity contribution in [3.05, 3.63) is 47.3 Å². The number of fused-ring (bicyclic) bond motifs is 1. The lowest BCUT2D eigenvalue weighted by molar-refractivity contribution is -0.139. The monoisotopic (exact) mass is 603 g/mol. The molecule has 14 heteroatoms. The highest BCUT2D eigenvalue weighted by molar-refractivity contribution is 6.01. The van der Waals surface area contributed by atoms with E-state index in [-0.39, 0.29) is 31.2 Å². The van der Waals surface area contributed by atoms with E-state index in [1.165, 1.54) is 22.8 Å². The number of carbonyl (C=O) groups is 4. The second kappa shape index (κ2) is 11.9. The van der Waals surface area contributed by atoms with Crippen LogP contribution in [0.3, 0.4) is 0 Å². The third-order valence-corrected chi connectivity index (χ3v) is 8.80. The maximum atomic E-state index is 13.6. The molecule has 1 aromatic heterocycles. The molecular weight excluding hydrogens is 567 g/mol. The van der Waals surface area contributed by atoms with Gasteiger partial charge in [0.2, 0.25) is 11.8 Å². The third kappa shape index (κ3) is 6.32. The Labute approximate surface area is 246 Å². The smallest absolute Gasteiger partial charge is 0.357 e. The first kappa shape index (κ1) is 30.4. The van der Waals surface area contributed by atoms with E-state index in [1.807, 2.05) is 0 Å². The molecule has 4 N–H and O–H groups in total. The number of anilines is 1. The summed E-state index contributed by atoms with van der Waals surface area (Å²) in [5.74, 6) is -1.29. The van der Waals surface area contributed by atoms with Crippen LogP contribution in [0.1, 0.15) is 60.1 Å². The highest BCUT2D eigenvalue weighted by atomic mass is 19.4. The summed E-state index contributed by atoms with van der Waals surface area (Å²) in [7, 11) is 3.07. The van der Waals surface area contributed by atoms with Crippen LogP contribution in [0.25, 0.3) is 0 Å². The molecule has 43 heavy (non-hydrogen) atoms. The van der Waals surface area contributed by atoms with Gasteiger partial charge in [-0.15, -0.1) is 0 Å². The topological polar surface area (TPSA) is 137 Å². The summed E-state index contributed by atoms with van der Waals surface area (Å²) >= 11 is 0. The molecule has 0 radical (unpaired) electrons. The Bertz CT molecular complexity index is 1400. The molecule has 5 amide bonds. The fourth-order valence-electron chi connectivity index (χ4n) is 6.70. The van der Waals surface area contributed by atoms with Crippen LogP contribution in [0.2, 0.25) is 0 Å². The summed E-state index contributed by atoms with van der Waals surface area (Å²) in [6.07, 6.45) is 0.643. The van der Waals surface area contributed by atoms with Crippen molar-refractivity contribution >= 4 is 29.4 Å². The number of urea groups is 1. The minimum Gasteiger partial charge on any atom is -0.357 e. The summed E-state index contributed by atoms with van der Waals surface area (Å²) in [5.41, 5.74) is 0.822. The number of rotatable bonds is 8. The van der Waals surface area contributed by atoms with E-state index in [0.717, 1.165) is 37.7 Å². The third-order valence-electron chi connectivity index (χ3n) is 8.80. The molecule has 2 aromatic rings. The van der Waals surface area contributed by atoms with Gasteiger partial charge in [0.1, 0.15) is 17.3 Å². The lowest BCUT2D eigenvalue weighted by Gasteiger charge is -2.36. The van der Waals surface area contributed by atoms with Crippen LogP contribution >= 0.6 is 0 Å². The number of alkyl halides is 3. The summed E-state index contributed by atoms with van der Waals surface area (Å²) < 4.78 is 40.6. The van der Waals surface area contributed by atoms with Gasteiger partial charge in [-0.2, -0.15) is 18.3 Å².